The van der Waals surface area contributed by atoms with Gasteiger partial charge in [0.2, 0.25) is 0 Å². The van der Waals surface area contributed by atoms with Gasteiger partial charge in [0.15, 0.2) is 0 Å². The zero-order chi connectivity index (χ0) is 86.8. The summed E-state index contributed by atoms with van der Waals surface area (Å²) in [4.78, 5) is 13.6. The second-order valence-corrected chi connectivity index (χ2v) is 28.3. The zero-order valence-electron chi connectivity index (χ0n) is 76.5. The van der Waals surface area contributed by atoms with Gasteiger partial charge in [-0.15, -0.1) is 25.5 Å². The van der Waals surface area contributed by atoms with E-state index in [1.54, 1.807) is 36.8 Å². The van der Waals surface area contributed by atoms with Crippen molar-refractivity contribution >= 4 is 0 Å². The van der Waals surface area contributed by atoms with Crippen LogP contribution in [-0.4, -0.2) is 33.3 Å². The van der Waals surface area contributed by atoms with E-state index >= 15 is 0 Å². The summed E-state index contributed by atoms with van der Waals surface area (Å²) in [5, 5.41) is 16.9. The first-order chi connectivity index (χ1) is 54.7. The molecular formula is C101H149N5O8. The molecule has 0 aliphatic heterocycles. The van der Waals surface area contributed by atoms with Crippen molar-refractivity contribution in [2.45, 2.75) is 290 Å². The zero-order valence-corrected chi connectivity index (χ0v) is 76.5. The molecule has 13 heteroatoms. The molecule has 0 N–H and O–H groups in total. The van der Waals surface area contributed by atoms with Crippen LogP contribution in [0.3, 0.4) is 0 Å². The van der Waals surface area contributed by atoms with Gasteiger partial charge in [-0.1, -0.05) is 284 Å². The van der Waals surface area contributed by atoms with E-state index in [9.17, 15) is 0 Å². The smallest absolute Gasteiger partial charge is 0.331 e. The Labute approximate surface area is 694 Å². The lowest BCUT2D eigenvalue weighted by Gasteiger charge is -2.28. The van der Waals surface area contributed by atoms with Crippen LogP contribution >= 0.6 is 0 Å². The summed E-state index contributed by atoms with van der Waals surface area (Å²) < 4.78 is 45.7. The third-order valence-corrected chi connectivity index (χ3v) is 16.1. The lowest BCUT2D eigenvalue weighted by Crippen LogP contribution is -2.16. The van der Waals surface area contributed by atoms with Gasteiger partial charge in [-0.3, -0.25) is 0 Å². The lowest BCUT2D eigenvalue weighted by molar-refractivity contribution is 0.233. The number of ether oxygens (including phenoxy) is 8. The topological polar surface area (TPSA) is 160 Å². The van der Waals surface area contributed by atoms with E-state index in [4.69, 9.17) is 48.4 Å². The van der Waals surface area contributed by atoms with Crippen LogP contribution in [0, 0.1) is 52.6 Å². The number of aromatic nitrogens is 3. The van der Waals surface area contributed by atoms with Gasteiger partial charge in [-0.05, 0) is 232 Å². The summed E-state index contributed by atoms with van der Waals surface area (Å²) in [5.41, 5.74) is 9.18. The molecule has 626 valence electrons. The van der Waals surface area contributed by atoms with E-state index in [1.165, 1.54) is 36.0 Å². The van der Waals surface area contributed by atoms with Crippen LogP contribution in [0.25, 0.3) is 0 Å². The van der Waals surface area contributed by atoms with Crippen molar-refractivity contribution in [1.82, 2.24) is 15.0 Å². The fourth-order valence-electron chi connectivity index (χ4n) is 11.4. The number of hydrogen-bond acceptors (Lipinski definition) is 13. The molecule has 10 rings (SSSR count). The molecule has 0 amide bonds. The molecule has 1 saturated carbocycles. The molecule has 1 aliphatic carbocycles. The molecule has 3 unspecified atom stereocenters. The molecule has 1 fully saturated rings. The summed E-state index contributed by atoms with van der Waals surface area (Å²) in [6, 6.07) is 63.3. The van der Waals surface area contributed by atoms with Crippen molar-refractivity contribution in [3.63, 3.8) is 0 Å². The van der Waals surface area contributed by atoms with Gasteiger partial charge in [0.25, 0.3) is 12.5 Å². The maximum Gasteiger partial charge on any atom is 0.331 e. The Hall–Kier alpha value is -9.85. The first-order valence-corrected chi connectivity index (χ1v) is 42.4. The first kappa shape index (κ1) is 106. The SMILES string of the molecule is CC.CC.CC.CC.CC.CC.CC.CC(C)C.CC(C)C.CC(C)Oc1ccc(C(C)c2ccc(Oc3nc(Oc4ccc(C(C)c5ccc(OC(C)C)cc5)cc4)nc(Oc4ccc(C(C)c5ccc(OC(C)C)cc5)cc4)n3)cc2)cc1.CC(c1ccc(OC#N)cc1)c1ccc(OC#N)cc1.CC1CC(C)CC(C)C1. The van der Waals surface area contributed by atoms with E-state index in [0.29, 0.717) is 28.7 Å². The Balaban J connectivity index is 0. The monoisotopic (exact) mass is 1560 g/mol. The highest BCUT2D eigenvalue weighted by atomic mass is 16.5. The highest BCUT2D eigenvalue weighted by Gasteiger charge is 2.21. The van der Waals surface area contributed by atoms with Crippen LogP contribution in [0.4, 0.5) is 0 Å². The van der Waals surface area contributed by atoms with Crippen molar-refractivity contribution in [3.05, 3.63) is 239 Å². The second kappa shape index (κ2) is 62.6. The molecule has 3 atom stereocenters. The van der Waals surface area contributed by atoms with Gasteiger partial charge in [0, 0.05) is 23.7 Å². The molecule has 1 aliphatic rings. The van der Waals surface area contributed by atoms with Crippen LogP contribution < -0.4 is 37.9 Å². The Morgan fingerprint density at radius 1 is 0.246 bits per heavy atom. The molecule has 114 heavy (non-hydrogen) atoms. The van der Waals surface area contributed by atoms with Crippen LogP contribution in [0.2, 0.25) is 0 Å². The van der Waals surface area contributed by atoms with Crippen LogP contribution in [0.15, 0.2) is 194 Å². The number of nitriles is 2. The maximum absolute atomic E-state index is 8.44. The summed E-state index contributed by atoms with van der Waals surface area (Å²) in [7, 11) is 0. The molecule has 0 radical (unpaired) electrons. The number of nitrogens with zero attached hydrogens (tertiary/aromatic N) is 5. The molecule has 0 spiro atoms. The van der Waals surface area contributed by atoms with Gasteiger partial charge in [0.1, 0.15) is 46.0 Å². The van der Waals surface area contributed by atoms with Crippen LogP contribution in [-0.2, 0) is 0 Å². The minimum atomic E-state index is 0.0295. The fraction of sp³-hybridized carbons (Fsp3) is 0.475. The van der Waals surface area contributed by atoms with Crippen LogP contribution in [0.1, 0.15) is 316 Å². The largest absolute Gasteiger partial charge is 0.491 e. The molecule has 8 aromatic carbocycles. The Morgan fingerprint density at radius 2 is 0.386 bits per heavy atom. The number of rotatable bonds is 22. The maximum atomic E-state index is 8.44. The molecule has 9 aromatic rings. The van der Waals surface area contributed by atoms with Crippen LogP contribution in [0.5, 0.6) is 64.0 Å². The second-order valence-electron chi connectivity index (χ2n) is 28.3. The van der Waals surface area contributed by atoms with E-state index in [-0.39, 0.29) is 60.0 Å². The van der Waals surface area contributed by atoms with Crippen molar-refractivity contribution in [2.75, 3.05) is 0 Å². The third kappa shape index (κ3) is 42.9. The van der Waals surface area contributed by atoms with Crippen molar-refractivity contribution in [1.29, 1.82) is 10.5 Å². The summed E-state index contributed by atoms with van der Waals surface area (Å²) in [5.74, 6) is 10.6. The van der Waals surface area contributed by atoms with Gasteiger partial charge in [0.05, 0.1) is 18.3 Å². The predicted octanol–water partition coefficient (Wildman–Crippen LogP) is 31.2. The summed E-state index contributed by atoms with van der Waals surface area (Å²) >= 11 is 0. The first-order valence-electron chi connectivity index (χ1n) is 42.4. The number of benzene rings is 8. The van der Waals surface area contributed by atoms with Gasteiger partial charge < -0.3 is 37.9 Å². The van der Waals surface area contributed by atoms with Gasteiger partial charge >= 0.3 is 18.0 Å². The summed E-state index contributed by atoms with van der Waals surface area (Å²) in [6.45, 7) is 68.9. The molecular weight excluding hydrogens is 1410 g/mol. The molecule has 0 bridgehead atoms. The quantitative estimate of drug-likeness (QED) is 0.0590. The van der Waals surface area contributed by atoms with E-state index < -0.39 is 0 Å². The normalized spacial score (nSPS) is 13.3. The average molecular weight is 1560 g/mol. The minimum Gasteiger partial charge on any atom is -0.491 e. The average Bonchev–Trinajstić information content (AvgIpc) is 0.825. The lowest BCUT2D eigenvalue weighted by atomic mass is 9.78. The van der Waals surface area contributed by atoms with Gasteiger partial charge in [-0.25, -0.2) is 0 Å². The standard InChI is InChI=1S/C54H57N3O6.C16H12N2O2.C9H18.2C4H10.7C2H6/c1-34(2)58-46-22-10-40(11-23-46)37(7)43-16-28-49(29-17-43)61-52-55-53(62-50-30-18-44(19-31-50)38(8)41-12-24-47(25-13-41)59-35(3)4)57-54(56-52)63-51-32-20-45(21-33-51)39(9)42-14-26-48(27-15-42)60-36(5)6;1-12(13-2-6-15(7-3-13)19-10-17)14-4-8-16(9-5-14)20-11-18;1-7-4-8(2)6-9(3)5-7;2*1-4(2)3;7*1-2/h10-39H,1-9H3;2-9,12H,1H3;7-9H,4-6H2,1-3H3;2*4H,1-3H3;7*1-2H3. The molecule has 1 heterocycles. The van der Waals surface area contributed by atoms with E-state index in [2.05, 4.69) is 141 Å². The van der Waals surface area contributed by atoms with Crippen molar-refractivity contribution < 1.29 is 37.9 Å². The molecule has 1 aromatic heterocycles. The minimum absolute atomic E-state index is 0.0295. The third-order valence-electron chi connectivity index (χ3n) is 16.1. The highest BCUT2D eigenvalue weighted by Crippen LogP contribution is 2.36. The van der Waals surface area contributed by atoms with Crippen molar-refractivity contribution in [2.24, 2.45) is 29.6 Å². The Bertz CT molecular complexity index is 3490. The highest BCUT2D eigenvalue weighted by molar-refractivity contribution is 5.43. The molecule has 13 nitrogen and oxygen atoms in total. The predicted molar refractivity (Wildman–Crippen MR) is 483 cm³/mol. The van der Waals surface area contributed by atoms with Gasteiger partial charge in [-0.2, -0.15) is 0 Å². The van der Waals surface area contributed by atoms with Crippen molar-refractivity contribution in [3.8, 4) is 76.5 Å². The molecule has 0 saturated heterocycles. The number of hydrogen-bond donors (Lipinski definition) is 0. The van der Waals surface area contributed by atoms with E-state index in [1.807, 2.05) is 272 Å². The Morgan fingerprint density at radius 3 is 0.526 bits per heavy atom. The Kier molecular flexibility index (Phi) is 58.3. The summed E-state index contributed by atoms with van der Waals surface area (Å²) in [6.07, 6.45) is 8.04. The fourth-order valence-corrected chi connectivity index (χ4v) is 11.4. The van der Waals surface area contributed by atoms with E-state index in [0.717, 1.165) is 74.7 Å².